The number of aldehydes is 2. The fourth-order valence-corrected chi connectivity index (χ4v) is 6.79. The van der Waals surface area contributed by atoms with Crippen molar-refractivity contribution in [2.24, 2.45) is 0 Å². The molecule has 4 aromatic heterocycles. The van der Waals surface area contributed by atoms with E-state index in [-0.39, 0.29) is 28.6 Å². The minimum atomic E-state index is -3.22. The minimum absolute atomic E-state index is 0.0374. The second kappa shape index (κ2) is 15.3. The highest BCUT2D eigenvalue weighted by molar-refractivity contribution is 7.89. The van der Waals surface area contributed by atoms with Gasteiger partial charge in [-0.05, 0) is 78.9 Å². The van der Waals surface area contributed by atoms with Gasteiger partial charge in [0.25, 0.3) is 0 Å². The van der Waals surface area contributed by atoms with Gasteiger partial charge in [-0.15, -0.1) is 0 Å². The molecule has 0 N–H and O–H groups in total. The van der Waals surface area contributed by atoms with Gasteiger partial charge in [0, 0.05) is 36.0 Å². The second-order valence-electron chi connectivity index (χ2n) is 15.8. The molecule has 2 aliphatic carbocycles. The molecule has 2 fully saturated rings. The molecule has 0 aliphatic heterocycles. The monoisotopic (exact) mass is 806 g/mol. The predicted octanol–water partition coefficient (Wildman–Crippen LogP) is 6.76. The number of anilines is 2. The normalized spacial score (nSPS) is 14.5. The average Bonchev–Trinajstić information content (AvgIpc) is 4.01. The molecule has 1 aromatic carbocycles. The zero-order chi connectivity index (χ0) is 40.7. The van der Waals surface area contributed by atoms with Gasteiger partial charge in [0.2, 0.25) is 0 Å². The Morgan fingerprint density at radius 1 is 0.804 bits per heavy atom. The second-order valence-corrected chi connectivity index (χ2v) is 18.3. The van der Waals surface area contributed by atoms with Crippen LogP contribution in [0.15, 0.2) is 48.8 Å². The van der Waals surface area contributed by atoms with Crippen LogP contribution in [0.25, 0.3) is 22.6 Å². The molecule has 2 aliphatic rings. The summed E-state index contributed by atoms with van der Waals surface area (Å²) in [5, 5.41) is 8.64. The summed E-state index contributed by atoms with van der Waals surface area (Å²) < 4.78 is 37.6. The van der Waals surface area contributed by atoms with Crippen molar-refractivity contribution in [3.8, 4) is 11.3 Å². The Labute approximate surface area is 328 Å². The number of ether oxygens (including phenoxy) is 2. The van der Waals surface area contributed by atoms with Gasteiger partial charge in [0.15, 0.2) is 33.7 Å². The maximum Gasteiger partial charge on any atom is 0.416 e. The quantitative estimate of drug-likeness (QED) is 0.113. The van der Waals surface area contributed by atoms with E-state index in [9.17, 15) is 27.6 Å². The molecule has 16 nitrogen and oxygen atoms in total. The van der Waals surface area contributed by atoms with Crippen molar-refractivity contribution in [1.82, 2.24) is 29.2 Å². The van der Waals surface area contributed by atoms with E-state index >= 15 is 0 Å². The van der Waals surface area contributed by atoms with E-state index in [1.54, 1.807) is 62.1 Å². The summed E-state index contributed by atoms with van der Waals surface area (Å²) in [6.45, 7) is 10.8. The Balaban J connectivity index is 0.000000202. The number of rotatable bonds is 9. The van der Waals surface area contributed by atoms with E-state index in [1.807, 2.05) is 20.8 Å². The van der Waals surface area contributed by atoms with Gasteiger partial charge in [-0.1, -0.05) is 29.8 Å². The fourth-order valence-electron chi connectivity index (χ4n) is 5.83. The third kappa shape index (κ3) is 9.50. The SMILES string of the molecule is CC(C)(C)OC(=O)N(c1cc(-c2cccc(CS(C)(=O)=O)c2)nc2c(C=O)cnn12)C1CC1.CC(C)(C)OC(=O)N(c1cc(Cl)nc2c(C=O)cnn12)C1CC1. The lowest BCUT2D eigenvalue weighted by molar-refractivity contribution is 0.0564. The van der Waals surface area contributed by atoms with Crippen LogP contribution in [0.2, 0.25) is 5.15 Å². The first-order valence-electron chi connectivity index (χ1n) is 17.9. The van der Waals surface area contributed by atoms with Crippen LogP contribution in [-0.4, -0.2) is 91.9 Å². The summed E-state index contributed by atoms with van der Waals surface area (Å²) in [4.78, 5) is 60.3. The van der Waals surface area contributed by atoms with E-state index in [4.69, 9.17) is 21.1 Å². The first kappa shape index (κ1) is 40.2. The van der Waals surface area contributed by atoms with Gasteiger partial charge in [-0.25, -0.2) is 28.0 Å². The molecular weight excluding hydrogens is 764 g/mol. The number of carbonyl (C=O) groups is 4. The molecule has 0 unspecified atom stereocenters. The number of sulfone groups is 1. The number of hydrogen-bond acceptors (Lipinski definition) is 12. The van der Waals surface area contributed by atoms with Gasteiger partial charge in [-0.2, -0.15) is 19.2 Å². The summed E-state index contributed by atoms with van der Waals surface area (Å²) in [6.07, 6.45) is 7.74. The van der Waals surface area contributed by atoms with Crippen LogP contribution < -0.4 is 9.80 Å². The summed E-state index contributed by atoms with van der Waals surface area (Å²) in [6, 6.07) is 10.3. The third-order valence-electron chi connectivity index (χ3n) is 8.33. The highest BCUT2D eigenvalue weighted by Gasteiger charge is 2.40. The molecule has 2 saturated carbocycles. The number of fused-ring (bicyclic) bond motifs is 2. The Bertz CT molecular complexity index is 2440. The van der Waals surface area contributed by atoms with Crippen molar-refractivity contribution >= 4 is 69.1 Å². The van der Waals surface area contributed by atoms with E-state index < -0.39 is 33.2 Å². The molecule has 296 valence electrons. The molecule has 0 radical (unpaired) electrons. The number of aromatic nitrogens is 6. The zero-order valence-corrected chi connectivity index (χ0v) is 33.7. The average molecular weight is 807 g/mol. The molecule has 0 saturated heterocycles. The van der Waals surface area contributed by atoms with E-state index in [0.29, 0.717) is 57.9 Å². The van der Waals surface area contributed by atoms with Gasteiger partial charge >= 0.3 is 12.2 Å². The van der Waals surface area contributed by atoms with Crippen molar-refractivity contribution < 1.29 is 37.1 Å². The third-order valence-corrected chi connectivity index (χ3v) is 9.38. The lowest BCUT2D eigenvalue weighted by Crippen LogP contribution is -2.39. The fraction of sp³-hybridized carbons (Fsp3) is 0.421. The Morgan fingerprint density at radius 3 is 1.73 bits per heavy atom. The summed E-state index contributed by atoms with van der Waals surface area (Å²) in [5.74, 6) is 0.784. The number of carbonyl (C=O) groups excluding carboxylic acids is 4. The number of amides is 2. The minimum Gasteiger partial charge on any atom is -0.443 e. The molecule has 0 atom stereocenters. The summed E-state index contributed by atoms with van der Waals surface area (Å²) in [7, 11) is -3.22. The molecule has 56 heavy (non-hydrogen) atoms. The number of nitrogens with zero attached hydrogens (tertiary/aromatic N) is 8. The lowest BCUT2D eigenvalue weighted by atomic mass is 10.1. The van der Waals surface area contributed by atoms with Crippen molar-refractivity contribution in [3.63, 3.8) is 0 Å². The van der Waals surface area contributed by atoms with Crippen LogP contribution in [0.4, 0.5) is 21.2 Å². The lowest BCUT2D eigenvalue weighted by Gasteiger charge is -2.27. The van der Waals surface area contributed by atoms with Crippen molar-refractivity contribution in [1.29, 1.82) is 0 Å². The summed E-state index contributed by atoms with van der Waals surface area (Å²) in [5.41, 5.74) is 1.70. The van der Waals surface area contributed by atoms with Crippen LogP contribution in [0, 0.1) is 0 Å². The Kier molecular flexibility index (Phi) is 11.0. The Morgan fingerprint density at radius 2 is 1.29 bits per heavy atom. The molecule has 7 rings (SSSR count). The number of hydrogen-bond donors (Lipinski definition) is 0. The zero-order valence-electron chi connectivity index (χ0n) is 32.1. The van der Waals surface area contributed by atoms with Crippen LogP contribution in [0.3, 0.4) is 0 Å². The highest BCUT2D eigenvalue weighted by Crippen LogP contribution is 2.36. The topological polar surface area (TPSA) is 188 Å². The first-order valence-corrected chi connectivity index (χ1v) is 20.3. The predicted molar refractivity (Wildman–Crippen MR) is 209 cm³/mol. The molecule has 0 bridgehead atoms. The van der Waals surface area contributed by atoms with Crippen LogP contribution in [0.1, 0.15) is 93.5 Å². The largest absolute Gasteiger partial charge is 0.443 e. The first-order chi connectivity index (χ1) is 26.2. The number of benzene rings is 1. The van der Waals surface area contributed by atoms with Gasteiger partial charge in [0.1, 0.15) is 28.0 Å². The standard InChI is InChI=1S/C23H26N4O5S.C15H17ClN4O3/c1-23(2,3)32-22(29)26(18-8-9-18)20-11-19(25-21-17(13-28)12-24-27(20)21)16-7-5-6-15(10-16)14-33(4,30)31;1-15(2,3)23-14(22)19(10-4-5-10)12-6-11(16)18-13-9(8-21)7-17-20(12)13/h5-7,10-13,18H,8-9,14H2,1-4H3;6-8,10H,4-5H2,1-3H3. The Hall–Kier alpha value is -5.42. The van der Waals surface area contributed by atoms with Crippen molar-refractivity contribution in [2.75, 3.05) is 16.1 Å². The maximum atomic E-state index is 13.1. The summed E-state index contributed by atoms with van der Waals surface area (Å²) >= 11 is 6.07. The van der Waals surface area contributed by atoms with E-state index in [1.165, 1.54) is 32.6 Å². The molecule has 4 heterocycles. The maximum absolute atomic E-state index is 13.1. The number of halogens is 1. The van der Waals surface area contributed by atoms with Gasteiger partial charge < -0.3 is 9.47 Å². The molecular formula is C38H43ClN8O8S. The van der Waals surface area contributed by atoms with E-state index in [2.05, 4.69) is 20.2 Å². The molecule has 5 aromatic rings. The smallest absolute Gasteiger partial charge is 0.416 e. The molecule has 2 amide bonds. The highest BCUT2D eigenvalue weighted by atomic mass is 35.5. The van der Waals surface area contributed by atoms with Gasteiger partial charge in [-0.3, -0.25) is 19.4 Å². The molecule has 18 heteroatoms. The van der Waals surface area contributed by atoms with Crippen LogP contribution in [-0.2, 0) is 25.1 Å². The van der Waals surface area contributed by atoms with E-state index in [0.717, 1.165) is 25.7 Å². The van der Waals surface area contributed by atoms with Crippen LogP contribution in [0.5, 0.6) is 0 Å². The van der Waals surface area contributed by atoms with Crippen molar-refractivity contribution in [2.45, 2.75) is 96.3 Å². The van der Waals surface area contributed by atoms with Crippen molar-refractivity contribution in [3.05, 3.63) is 70.6 Å². The van der Waals surface area contributed by atoms with Gasteiger partial charge in [0.05, 0.1) is 35.0 Å². The van der Waals surface area contributed by atoms with Crippen LogP contribution >= 0.6 is 11.6 Å². The molecule has 0 spiro atoms.